The number of fused-ring (bicyclic) bond motifs is 1. The van der Waals surface area contributed by atoms with Crippen LogP contribution in [0.2, 0.25) is 0 Å². The Balaban J connectivity index is 1.91. The van der Waals surface area contributed by atoms with Crippen molar-refractivity contribution in [3.05, 3.63) is 0 Å². The summed E-state index contributed by atoms with van der Waals surface area (Å²) in [6.07, 6.45) is 14.9. The fraction of sp³-hybridized carbons (Fsp3) is 1.00. The van der Waals surface area contributed by atoms with Gasteiger partial charge in [-0.2, -0.15) is 0 Å². The third-order valence-electron chi connectivity index (χ3n) is 4.75. The fourth-order valence-corrected chi connectivity index (χ4v) is 3.66. The van der Waals surface area contributed by atoms with Crippen LogP contribution in [0.3, 0.4) is 0 Å². The van der Waals surface area contributed by atoms with Crippen LogP contribution < -0.4 is 5.32 Å². The summed E-state index contributed by atoms with van der Waals surface area (Å²) in [5.74, 6) is 2.15. The van der Waals surface area contributed by atoms with Gasteiger partial charge in [0, 0.05) is 6.04 Å². The van der Waals surface area contributed by atoms with Crippen LogP contribution in [0, 0.1) is 11.8 Å². The number of rotatable bonds is 1. The lowest BCUT2D eigenvalue weighted by atomic mass is 9.79. The van der Waals surface area contributed by atoms with E-state index in [1.807, 2.05) is 0 Å². The van der Waals surface area contributed by atoms with Crippen molar-refractivity contribution in [2.75, 3.05) is 7.05 Å². The molecule has 0 spiro atoms. The first-order chi connectivity index (χ1) is 7.40. The second-order valence-electron chi connectivity index (χ2n) is 5.65. The van der Waals surface area contributed by atoms with Gasteiger partial charge in [0.2, 0.25) is 0 Å². The van der Waals surface area contributed by atoms with E-state index in [2.05, 4.69) is 12.4 Å². The van der Waals surface area contributed by atoms with Crippen molar-refractivity contribution in [3.8, 4) is 0 Å². The Kier molecular flexibility index (Phi) is 4.49. The first-order valence-corrected chi connectivity index (χ1v) is 7.07. The van der Waals surface area contributed by atoms with Crippen LogP contribution in [-0.4, -0.2) is 13.1 Å². The smallest absolute Gasteiger partial charge is 0.00642 e. The van der Waals surface area contributed by atoms with Gasteiger partial charge in [0.25, 0.3) is 0 Å². The maximum Gasteiger partial charge on any atom is 0.00642 e. The summed E-state index contributed by atoms with van der Waals surface area (Å²) in [7, 11) is 2.14. The maximum absolute atomic E-state index is 3.48. The summed E-state index contributed by atoms with van der Waals surface area (Å²) < 4.78 is 0. The van der Waals surface area contributed by atoms with Crippen LogP contribution in [0.5, 0.6) is 0 Å². The van der Waals surface area contributed by atoms with Gasteiger partial charge in [-0.25, -0.2) is 0 Å². The second-order valence-corrected chi connectivity index (χ2v) is 5.65. The van der Waals surface area contributed by atoms with Gasteiger partial charge in [0.15, 0.2) is 0 Å². The number of hydrogen-bond donors (Lipinski definition) is 1. The molecule has 2 aliphatic carbocycles. The SMILES string of the molecule is CNC1CCC2CCCCCCC2CC1. The van der Waals surface area contributed by atoms with E-state index in [-0.39, 0.29) is 0 Å². The van der Waals surface area contributed by atoms with Crippen molar-refractivity contribution in [1.29, 1.82) is 0 Å². The van der Waals surface area contributed by atoms with E-state index >= 15 is 0 Å². The molecule has 0 aromatic heterocycles. The third-order valence-corrected chi connectivity index (χ3v) is 4.75. The minimum atomic E-state index is 0.818. The predicted octanol–water partition coefficient (Wildman–Crippen LogP) is 3.74. The second kappa shape index (κ2) is 5.89. The van der Waals surface area contributed by atoms with Crippen LogP contribution in [0.15, 0.2) is 0 Å². The highest BCUT2D eigenvalue weighted by Gasteiger charge is 2.26. The van der Waals surface area contributed by atoms with Crippen LogP contribution in [0.4, 0.5) is 0 Å². The van der Waals surface area contributed by atoms with E-state index in [1.54, 1.807) is 0 Å². The van der Waals surface area contributed by atoms with Crippen molar-refractivity contribution in [1.82, 2.24) is 5.32 Å². The standard InChI is InChI=1S/C14H27N/c1-15-14-10-8-12-6-4-2-3-5-7-13(12)9-11-14/h12-15H,2-11H2,1H3. The molecule has 1 heteroatoms. The highest BCUT2D eigenvalue weighted by Crippen LogP contribution is 2.37. The highest BCUT2D eigenvalue weighted by molar-refractivity contribution is 4.81. The molecule has 1 N–H and O–H groups in total. The van der Waals surface area contributed by atoms with E-state index in [0.717, 1.165) is 17.9 Å². The first kappa shape index (κ1) is 11.4. The van der Waals surface area contributed by atoms with E-state index < -0.39 is 0 Å². The van der Waals surface area contributed by atoms with Gasteiger partial charge in [-0.3, -0.25) is 0 Å². The molecule has 2 atom stereocenters. The Labute approximate surface area is 95.0 Å². The molecule has 15 heavy (non-hydrogen) atoms. The molecule has 0 heterocycles. The van der Waals surface area contributed by atoms with Crippen LogP contribution in [0.1, 0.15) is 64.2 Å². The molecule has 0 saturated heterocycles. The summed E-state index contributed by atoms with van der Waals surface area (Å²) >= 11 is 0. The zero-order valence-corrected chi connectivity index (χ0v) is 10.3. The van der Waals surface area contributed by atoms with Crippen molar-refractivity contribution >= 4 is 0 Å². The van der Waals surface area contributed by atoms with E-state index in [0.29, 0.717) is 0 Å². The normalized spacial score (nSPS) is 38.6. The molecule has 2 saturated carbocycles. The minimum absolute atomic E-state index is 0.818. The van der Waals surface area contributed by atoms with Crippen molar-refractivity contribution in [3.63, 3.8) is 0 Å². The number of hydrogen-bond acceptors (Lipinski definition) is 1. The summed E-state index contributed by atoms with van der Waals surface area (Å²) in [6.45, 7) is 0. The van der Waals surface area contributed by atoms with E-state index in [4.69, 9.17) is 0 Å². The van der Waals surface area contributed by atoms with Crippen LogP contribution >= 0.6 is 0 Å². The third kappa shape index (κ3) is 3.21. The molecular weight excluding hydrogens is 182 g/mol. The maximum atomic E-state index is 3.48. The molecule has 0 aromatic carbocycles. The Morgan fingerprint density at radius 3 is 1.67 bits per heavy atom. The van der Waals surface area contributed by atoms with Crippen LogP contribution in [-0.2, 0) is 0 Å². The molecule has 0 amide bonds. The van der Waals surface area contributed by atoms with Crippen LogP contribution in [0.25, 0.3) is 0 Å². The summed E-state index contributed by atoms with van der Waals surface area (Å²) in [5, 5.41) is 3.48. The summed E-state index contributed by atoms with van der Waals surface area (Å²) in [6, 6.07) is 0.818. The van der Waals surface area contributed by atoms with Crippen molar-refractivity contribution in [2.24, 2.45) is 11.8 Å². The Bertz CT molecular complexity index is 160. The summed E-state index contributed by atoms with van der Waals surface area (Å²) in [5.41, 5.74) is 0. The molecule has 88 valence electrons. The Morgan fingerprint density at radius 2 is 1.20 bits per heavy atom. The zero-order chi connectivity index (χ0) is 10.5. The lowest BCUT2D eigenvalue weighted by molar-refractivity contribution is 0.247. The minimum Gasteiger partial charge on any atom is -0.317 e. The predicted molar refractivity (Wildman–Crippen MR) is 66.0 cm³/mol. The molecule has 0 aliphatic heterocycles. The van der Waals surface area contributed by atoms with Gasteiger partial charge in [-0.15, -0.1) is 0 Å². The van der Waals surface area contributed by atoms with Gasteiger partial charge in [0.05, 0.1) is 0 Å². The first-order valence-electron chi connectivity index (χ1n) is 7.07. The quantitative estimate of drug-likeness (QED) is 0.694. The molecule has 2 rings (SSSR count). The lowest BCUT2D eigenvalue weighted by Gasteiger charge is -2.27. The van der Waals surface area contributed by atoms with E-state index in [9.17, 15) is 0 Å². The molecule has 0 aromatic rings. The highest BCUT2D eigenvalue weighted by atomic mass is 14.9. The van der Waals surface area contributed by atoms with Gasteiger partial charge in [-0.05, 0) is 44.6 Å². The zero-order valence-electron chi connectivity index (χ0n) is 10.3. The molecule has 0 bridgehead atoms. The summed E-state index contributed by atoms with van der Waals surface area (Å²) in [4.78, 5) is 0. The van der Waals surface area contributed by atoms with E-state index in [1.165, 1.54) is 64.2 Å². The Morgan fingerprint density at radius 1 is 0.667 bits per heavy atom. The average molecular weight is 209 g/mol. The monoisotopic (exact) mass is 209 g/mol. The molecule has 0 radical (unpaired) electrons. The number of nitrogens with one attached hydrogen (secondary N) is 1. The average Bonchev–Trinajstić information content (AvgIpc) is 2.40. The molecular formula is C14H27N. The molecule has 2 unspecified atom stereocenters. The van der Waals surface area contributed by atoms with Crippen molar-refractivity contribution in [2.45, 2.75) is 70.3 Å². The molecule has 2 fully saturated rings. The molecule has 2 aliphatic rings. The van der Waals surface area contributed by atoms with Crippen molar-refractivity contribution < 1.29 is 0 Å². The fourth-order valence-electron chi connectivity index (χ4n) is 3.66. The largest absolute Gasteiger partial charge is 0.317 e. The van der Waals surface area contributed by atoms with Gasteiger partial charge in [-0.1, -0.05) is 38.5 Å². The van der Waals surface area contributed by atoms with Gasteiger partial charge in [0.1, 0.15) is 0 Å². The topological polar surface area (TPSA) is 12.0 Å². The Hall–Kier alpha value is -0.0400. The molecule has 1 nitrogen and oxygen atoms in total. The van der Waals surface area contributed by atoms with Gasteiger partial charge < -0.3 is 5.32 Å². The lowest BCUT2D eigenvalue weighted by Crippen LogP contribution is -2.23. The van der Waals surface area contributed by atoms with Gasteiger partial charge >= 0.3 is 0 Å².